The van der Waals surface area contributed by atoms with Crippen molar-refractivity contribution in [3.63, 3.8) is 0 Å². The van der Waals surface area contributed by atoms with Crippen LogP contribution in [0.1, 0.15) is 51.0 Å². The number of aromatic nitrogens is 2. The molecule has 1 aromatic heterocycles. The molecule has 1 heterocycles. The van der Waals surface area contributed by atoms with Gasteiger partial charge in [-0.2, -0.15) is 0 Å². The van der Waals surface area contributed by atoms with Gasteiger partial charge in [-0.05, 0) is 36.2 Å². The van der Waals surface area contributed by atoms with Crippen molar-refractivity contribution in [1.29, 1.82) is 0 Å². The summed E-state index contributed by atoms with van der Waals surface area (Å²) in [6.07, 6.45) is 4.90. The van der Waals surface area contributed by atoms with Crippen LogP contribution in [0, 0.1) is 0 Å². The number of methoxy groups -OCH3 is 1. The predicted molar refractivity (Wildman–Crippen MR) is 136 cm³/mol. The van der Waals surface area contributed by atoms with Gasteiger partial charge in [0.2, 0.25) is 16.9 Å². The predicted octanol–water partition coefficient (Wildman–Crippen LogP) is 5.54. The Bertz CT molecular complexity index is 1040. The normalized spacial score (nSPS) is 10.6. The van der Waals surface area contributed by atoms with Crippen LogP contribution in [0.5, 0.6) is 5.75 Å². The lowest BCUT2D eigenvalue weighted by atomic mass is 10.1. The van der Waals surface area contributed by atoms with Crippen molar-refractivity contribution in [2.24, 2.45) is 0 Å². The van der Waals surface area contributed by atoms with E-state index in [2.05, 4.69) is 22.4 Å². The molecule has 0 aliphatic rings. The van der Waals surface area contributed by atoms with E-state index in [1.807, 2.05) is 54.6 Å². The van der Waals surface area contributed by atoms with Crippen LogP contribution >= 0.6 is 11.3 Å². The molecule has 34 heavy (non-hydrogen) atoms. The minimum absolute atomic E-state index is 0.0884. The summed E-state index contributed by atoms with van der Waals surface area (Å²) in [7, 11) is 1.62. The van der Waals surface area contributed by atoms with Gasteiger partial charge in [-0.25, -0.2) is 0 Å². The number of nitrogens with zero attached hydrogens (tertiary/aromatic N) is 3. The highest BCUT2D eigenvalue weighted by molar-refractivity contribution is 7.18. The third kappa shape index (κ3) is 7.95. The van der Waals surface area contributed by atoms with E-state index < -0.39 is 0 Å². The molecule has 180 valence electrons. The Balaban J connectivity index is 1.55. The molecular weight excluding hydrogens is 448 g/mol. The second-order valence-corrected chi connectivity index (χ2v) is 9.03. The van der Waals surface area contributed by atoms with Crippen LogP contribution in [0.3, 0.4) is 0 Å². The van der Waals surface area contributed by atoms with Crippen LogP contribution < -0.4 is 10.1 Å². The molecule has 1 N–H and O–H groups in total. The lowest BCUT2D eigenvalue weighted by Gasteiger charge is -2.23. The molecule has 2 amide bonds. The third-order valence-electron chi connectivity index (χ3n) is 5.43. The van der Waals surface area contributed by atoms with E-state index in [1.54, 1.807) is 12.0 Å². The first-order valence-electron chi connectivity index (χ1n) is 11.7. The third-order valence-corrected chi connectivity index (χ3v) is 6.32. The minimum Gasteiger partial charge on any atom is -0.497 e. The monoisotopic (exact) mass is 480 g/mol. The van der Waals surface area contributed by atoms with E-state index in [0.717, 1.165) is 42.6 Å². The maximum Gasteiger partial charge on any atom is 0.227 e. The van der Waals surface area contributed by atoms with Gasteiger partial charge in [0, 0.05) is 31.5 Å². The second kappa shape index (κ2) is 13.4. The van der Waals surface area contributed by atoms with Crippen LogP contribution in [0.4, 0.5) is 5.13 Å². The zero-order chi connectivity index (χ0) is 24.2. The summed E-state index contributed by atoms with van der Waals surface area (Å²) in [4.78, 5) is 27.2. The number of anilines is 1. The highest BCUT2D eigenvalue weighted by Crippen LogP contribution is 2.27. The molecule has 0 radical (unpaired) electrons. The molecule has 0 fully saturated rings. The average Bonchev–Trinajstić information content (AvgIpc) is 3.33. The van der Waals surface area contributed by atoms with Crippen LogP contribution in [0.15, 0.2) is 54.6 Å². The Kier molecular flexibility index (Phi) is 10.0. The maximum absolute atomic E-state index is 12.9. The summed E-state index contributed by atoms with van der Waals surface area (Å²) in [5.74, 6) is 0.668. The fraction of sp³-hybridized carbons (Fsp3) is 0.385. The van der Waals surface area contributed by atoms with E-state index in [0.29, 0.717) is 29.6 Å². The van der Waals surface area contributed by atoms with Gasteiger partial charge in [0.25, 0.3) is 0 Å². The van der Waals surface area contributed by atoms with Gasteiger partial charge >= 0.3 is 0 Å². The molecule has 0 unspecified atom stereocenters. The number of ether oxygens (including phenoxy) is 1. The summed E-state index contributed by atoms with van der Waals surface area (Å²) in [6.45, 7) is 3.01. The van der Waals surface area contributed by atoms with Crippen LogP contribution in [0.2, 0.25) is 0 Å². The molecule has 0 aliphatic carbocycles. The first-order valence-corrected chi connectivity index (χ1v) is 12.5. The van der Waals surface area contributed by atoms with Crippen molar-refractivity contribution in [2.45, 2.75) is 52.0 Å². The fourth-order valence-electron chi connectivity index (χ4n) is 3.50. The van der Waals surface area contributed by atoms with Crippen molar-refractivity contribution in [3.05, 3.63) is 60.2 Å². The van der Waals surface area contributed by atoms with E-state index in [1.165, 1.54) is 11.3 Å². The smallest absolute Gasteiger partial charge is 0.227 e. The van der Waals surface area contributed by atoms with Gasteiger partial charge in [0.1, 0.15) is 10.8 Å². The van der Waals surface area contributed by atoms with Crippen molar-refractivity contribution < 1.29 is 14.3 Å². The Morgan fingerprint density at radius 3 is 2.44 bits per heavy atom. The molecule has 3 aromatic rings. The summed E-state index contributed by atoms with van der Waals surface area (Å²) in [6, 6.07) is 17.4. The van der Waals surface area contributed by atoms with Crippen LogP contribution in [0.25, 0.3) is 10.6 Å². The Hall–Kier alpha value is -3.26. The quantitative estimate of drug-likeness (QED) is 0.325. The van der Waals surface area contributed by atoms with E-state index in [-0.39, 0.29) is 18.2 Å². The molecule has 0 aliphatic heterocycles. The number of hydrogen-bond donors (Lipinski definition) is 1. The molecule has 2 aromatic carbocycles. The molecule has 0 spiro atoms. The number of carbonyl (C=O) groups is 2. The Morgan fingerprint density at radius 2 is 1.74 bits per heavy atom. The van der Waals surface area contributed by atoms with Gasteiger partial charge < -0.3 is 15.0 Å². The molecule has 0 saturated carbocycles. The van der Waals surface area contributed by atoms with Gasteiger partial charge in [0.15, 0.2) is 0 Å². The number of hydrogen-bond acceptors (Lipinski definition) is 6. The number of rotatable bonds is 13. The van der Waals surface area contributed by atoms with Gasteiger partial charge in [-0.3, -0.25) is 9.59 Å². The van der Waals surface area contributed by atoms with Crippen molar-refractivity contribution in [1.82, 2.24) is 15.1 Å². The fourth-order valence-corrected chi connectivity index (χ4v) is 4.26. The Labute approximate surface area is 205 Å². The zero-order valence-corrected chi connectivity index (χ0v) is 20.6. The largest absolute Gasteiger partial charge is 0.497 e. The molecule has 0 atom stereocenters. The maximum atomic E-state index is 12.9. The topological polar surface area (TPSA) is 84.4 Å². The van der Waals surface area contributed by atoms with Crippen molar-refractivity contribution >= 4 is 28.3 Å². The number of amides is 2. The average molecular weight is 481 g/mol. The lowest BCUT2D eigenvalue weighted by molar-refractivity contribution is -0.132. The molecule has 8 heteroatoms. The van der Waals surface area contributed by atoms with Crippen LogP contribution in [-0.2, 0) is 16.1 Å². The highest BCUT2D eigenvalue weighted by Gasteiger charge is 2.16. The van der Waals surface area contributed by atoms with Gasteiger partial charge in [-0.15, -0.1) is 10.2 Å². The van der Waals surface area contributed by atoms with E-state index >= 15 is 0 Å². The SMILES string of the molecule is CCCCCCC(=O)N(CCC(=O)Nc1nnc(-c2ccc(OC)cc2)s1)Cc1ccccc1. The Morgan fingerprint density at radius 1 is 0.971 bits per heavy atom. The summed E-state index contributed by atoms with van der Waals surface area (Å²) in [5, 5.41) is 12.2. The van der Waals surface area contributed by atoms with Crippen molar-refractivity contribution in [3.8, 4) is 16.3 Å². The van der Waals surface area contributed by atoms with Gasteiger partial charge in [-0.1, -0.05) is 67.9 Å². The molecular formula is C26H32N4O3S. The standard InChI is InChI=1S/C26H32N4O3S/c1-3-4-5-9-12-24(32)30(19-20-10-7-6-8-11-20)18-17-23(31)27-26-29-28-25(34-26)21-13-15-22(33-2)16-14-21/h6-8,10-11,13-16H,3-5,9,12,17-19H2,1-2H3,(H,27,29,31). The number of carbonyl (C=O) groups excluding carboxylic acids is 2. The first-order chi connectivity index (χ1) is 16.6. The summed E-state index contributed by atoms with van der Waals surface area (Å²) in [5.41, 5.74) is 1.96. The number of unbranched alkanes of at least 4 members (excludes halogenated alkanes) is 3. The molecule has 3 rings (SSSR count). The highest BCUT2D eigenvalue weighted by atomic mass is 32.1. The second-order valence-electron chi connectivity index (χ2n) is 8.05. The molecule has 7 nitrogen and oxygen atoms in total. The minimum atomic E-state index is -0.186. The summed E-state index contributed by atoms with van der Waals surface area (Å²) >= 11 is 1.31. The van der Waals surface area contributed by atoms with E-state index in [9.17, 15) is 9.59 Å². The van der Waals surface area contributed by atoms with E-state index in [4.69, 9.17) is 4.74 Å². The number of benzene rings is 2. The molecule has 0 bridgehead atoms. The van der Waals surface area contributed by atoms with Crippen LogP contribution in [-0.4, -0.2) is 40.6 Å². The first kappa shape index (κ1) is 25.4. The lowest BCUT2D eigenvalue weighted by Crippen LogP contribution is -2.33. The van der Waals surface area contributed by atoms with Gasteiger partial charge in [0.05, 0.1) is 7.11 Å². The summed E-state index contributed by atoms with van der Waals surface area (Å²) < 4.78 is 5.18. The van der Waals surface area contributed by atoms with Crippen molar-refractivity contribution in [2.75, 3.05) is 19.0 Å². The number of nitrogens with one attached hydrogen (secondary N) is 1. The zero-order valence-electron chi connectivity index (χ0n) is 19.8. The molecule has 0 saturated heterocycles.